The number of hydrogen-bond donors (Lipinski definition) is 0. The number of benzene rings is 1. The van der Waals surface area contributed by atoms with Crippen LogP contribution >= 0.6 is 0 Å². The van der Waals surface area contributed by atoms with E-state index in [0.717, 1.165) is 5.69 Å². The minimum Gasteiger partial charge on any atom is -0.497 e. The van der Waals surface area contributed by atoms with E-state index in [1.807, 2.05) is 13.0 Å². The van der Waals surface area contributed by atoms with Gasteiger partial charge in [-0.15, -0.1) is 5.10 Å². The minimum absolute atomic E-state index is 0.0613. The molecule has 0 unspecified atom stereocenters. The number of aryl methyl sites for hydroxylation is 1. The fraction of sp³-hybridized carbons (Fsp3) is 0.412. The molecule has 0 spiro atoms. The molecule has 25 heavy (non-hydrogen) atoms. The van der Waals surface area contributed by atoms with E-state index in [-0.39, 0.29) is 11.0 Å². The molecule has 1 fully saturated rings. The van der Waals surface area contributed by atoms with Crippen LogP contribution in [-0.2, 0) is 10.0 Å². The number of hydrogen-bond acceptors (Lipinski definition) is 6. The molecule has 0 atom stereocenters. The van der Waals surface area contributed by atoms with Gasteiger partial charge >= 0.3 is 0 Å². The molecular weight excluding hydrogens is 342 g/mol. The van der Waals surface area contributed by atoms with E-state index in [9.17, 15) is 8.42 Å². The Balaban J connectivity index is 1.63. The van der Waals surface area contributed by atoms with E-state index in [4.69, 9.17) is 9.47 Å². The van der Waals surface area contributed by atoms with E-state index in [1.54, 1.807) is 30.3 Å². The van der Waals surface area contributed by atoms with E-state index < -0.39 is 10.0 Å². The van der Waals surface area contributed by atoms with Crippen molar-refractivity contribution >= 4 is 10.0 Å². The van der Waals surface area contributed by atoms with Gasteiger partial charge in [-0.25, -0.2) is 8.42 Å². The molecule has 3 rings (SSSR count). The number of rotatable bonds is 5. The summed E-state index contributed by atoms with van der Waals surface area (Å²) in [5, 5.41) is 7.95. The Bertz CT molecular complexity index is 816. The lowest BCUT2D eigenvalue weighted by Crippen LogP contribution is -2.41. The molecule has 0 amide bonds. The highest BCUT2D eigenvalue weighted by Crippen LogP contribution is 2.25. The van der Waals surface area contributed by atoms with Crippen molar-refractivity contribution in [3.63, 3.8) is 0 Å². The van der Waals surface area contributed by atoms with Gasteiger partial charge in [-0.05, 0) is 38.0 Å². The fourth-order valence-electron chi connectivity index (χ4n) is 2.72. The molecule has 1 aliphatic rings. The zero-order chi connectivity index (χ0) is 17.9. The lowest BCUT2D eigenvalue weighted by atomic mass is 10.1. The van der Waals surface area contributed by atoms with Crippen LogP contribution in [0.1, 0.15) is 18.5 Å². The van der Waals surface area contributed by atoms with Gasteiger partial charge in [0.05, 0.1) is 17.7 Å². The first-order valence-corrected chi connectivity index (χ1v) is 9.54. The van der Waals surface area contributed by atoms with Gasteiger partial charge < -0.3 is 9.47 Å². The average molecular weight is 363 g/mol. The van der Waals surface area contributed by atoms with Gasteiger partial charge in [-0.2, -0.15) is 9.40 Å². The second kappa shape index (κ2) is 7.37. The molecule has 0 saturated carbocycles. The molecule has 7 nitrogen and oxygen atoms in total. The van der Waals surface area contributed by atoms with Crippen molar-refractivity contribution in [1.29, 1.82) is 0 Å². The first kappa shape index (κ1) is 17.6. The van der Waals surface area contributed by atoms with Crippen molar-refractivity contribution in [2.45, 2.75) is 30.8 Å². The van der Waals surface area contributed by atoms with Crippen LogP contribution in [0.15, 0.2) is 41.3 Å². The maximum atomic E-state index is 12.8. The van der Waals surface area contributed by atoms with Gasteiger partial charge in [0.25, 0.3) is 0 Å². The molecule has 0 N–H and O–H groups in total. The Hall–Kier alpha value is -2.19. The minimum atomic E-state index is -3.53. The largest absolute Gasteiger partial charge is 0.497 e. The van der Waals surface area contributed by atoms with Crippen LogP contribution in [0.4, 0.5) is 0 Å². The number of aromatic nitrogens is 2. The number of ether oxygens (including phenoxy) is 2. The summed E-state index contributed by atoms with van der Waals surface area (Å²) in [6.07, 6.45) is 1.16. The van der Waals surface area contributed by atoms with Crippen LogP contribution in [0.2, 0.25) is 0 Å². The summed E-state index contributed by atoms with van der Waals surface area (Å²) in [5.41, 5.74) is 0.826. The molecule has 0 aliphatic carbocycles. The van der Waals surface area contributed by atoms with E-state index >= 15 is 0 Å². The van der Waals surface area contributed by atoms with Crippen molar-refractivity contribution < 1.29 is 17.9 Å². The Morgan fingerprint density at radius 2 is 1.88 bits per heavy atom. The topological polar surface area (TPSA) is 81.6 Å². The Morgan fingerprint density at radius 3 is 2.52 bits per heavy atom. The lowest BCUT2D eigenvalue weighted by Gasteiger charge is -2.31. The Labute approximate surface area is 147 Å². The molecule has 1 saturated heterocycles. The van der Waals surface area contributed by atoms with Crippen molar-refractivity contribution in [2.24, 2.45) is 0 Å². The average Bonchev–Trinajstić information content (AvgIpc) is 2.64. The lowest BCUT2D eigenvalue weighted by molar-refractivity contribution is 0.128. The number of methoxy groups -OCH3 is 1. The summed E-state index contributed by atoms with van der Waals surface area (Å²) in [6, 6.07) is 10.1. The summed E-state index contributed by atoms with van der Waals surface area (Å²) in [6.45, 7) is 2.67. The Kier molecular flexibility index (Phi) is 5.19. The smallest absolute Gasteiger partial charge is 0.243 e. The van der Waals surface area contributed by atoms with Crippen molar-refractivity contribution in [3.8, 4) is 11.6 Å². The van der Waals surface area contributed by atoms with Gasteiger partial charge in [0, 0.05) is 25.2 Å². The van der Waals surface area contributed by atoms with Crippen molar-refractivity contribution in [1.82, 2.24) is 14.5 Å². The quantitative estimate of drug-likeness (QED) is 0.808. The first-order chi connectivity index (χ1) is 12.0. The zero-order valence-corrected chi connectivity index (χ0v) is 15.1. The SMILES string of the molecule is COc1cccc(S(=O)(=O)N2CCC(Oc3ccc(C)nn3)CC2)c1. The number of piperidine rings is 1. The van der Waals surface area contributed by atoms with Crippen LogP contribution < -0.4 is 9.47 Å². The molecule has 1 aromatic heterocycles. The molecule has 134 valence electrons. The normalized spacial score (nSPS) is 16.6. The summed E-state index contributed by atoms with van der Waals surface area (Å²) >= 11 is 0. The van der Waals surface area contributed by atoms with E-state index in [0.29, 0.717) is 37.6 Å². The second-order valence-corrected chi connectivity index (χ2v) is 7.85. The summed E-state index contributed by atoms with van der Waals surface area (Å²) < 4.78 is 37.9. The van der Waals surface area contributed by atoms with Gasteiger partial charge in [-0.3, -0.25) is 0 Å². The van der Waals surface area contributed by atoms with Crippen LogP contribution in [0.3, 0.4) is 0 Å². The third kappa shape index (κ3) is 4.08. The van der Waals surface area contributed by atoms with Crippen LogP contribution in [-0.4, -0.2) is 49.2 Å². The predicted molar refractivity (Wildman–Crippen MR) is 92.2 cm³/mol. The third-order valence-electron chi connectivity index (χ3n) is 4.14. The van der Waals surface area contributed by atoms with Gasteiger partial charge in [0.2, 0.25) is 15.9 Å². The molecule has 1 aliphatic heterocycles. The predicted octanol–water partition coefficient (Wildman–Crippen LogP) is 2.03. The highest BCUT2D eigenvalue weighted by atomic mass is 32.2. The molecule has 0 radical (unpaired) electrons. The second-order valence-electron chi connectivity index (χ2n) is 5.91. The number of nitrogens with zero attached hydrogens (tertiary/aromatic N) is 3. The molecule has 8 heteroatoms. The summed E-state index contributed by atoms with van der Waals surface area (Å²) in [7, 11) is -2.01. The molecule has 1 aromatic carbocycles. The van der Waals surface area contributed by atoms with Crippen molar-refractivity contribution in [3.05, 3.63) is 42.1 Å². The fourth-order valence-corrected chi connectivity index (χ4v) is 4.23. The van der Waals surface area contributed by atoms with Gasteiger partial charge in [0.1, 0.15) is 11.9 Å². The van der Waals surface area contributed by atoms with Crippen LogP contribution in [0.5, 0.6) is 11.6 Å². The zero-order valence-electron chi connectivity index (χ0n) is 14.3. The maximum Gasteiger partial charge on any atom is 0.243 e. The first-order valence-electron chi connectivity index (χ1n) is 8.10. The van der Waals surface area contributed by atoms with Gasteiger partial charge in [-0.1, -0.05) is 6.07 Å². The molecule has 2 aromatic rings. The van der Waals surface area contributed by atoms with E-state index in [2.05, 4.69) is 10.2 Å². The monoisotopic (exact) mass is 363 g/mol. The summed E-state index contributed by atoms with van der Waals surface area (Å²) in [5.74, 6) is 0.997. The standard InChI is InChI=1S/C17H21N3O4S/c1-13-6-7-17(19-18-13)24-14-8-10-20(11-9-14)25(21,22)16-5-3-4-15(12-16)23-2/h3-7,12,14H,8-11H2,1-2H3. The molecule has 0 bridgehead atoms. The highest BCUT2D eigenvalue weighted by molar-refractivity contribution is 7.89. The Morgan fingerprint density at radius 1 is 1.12 bits per heavy atom. The van der Waals surface area contributed by atoms with Crippen LogP contribution in [0.25, 0.3) is 0 Å². The van der Waals surface area contributed by atoms with E-state index in [1.165, 1.54) is 11.4 Å². The molecular formula is C17H21N3O4S. The third-order valence-corrected chi connectivity index (χ3v) is 6.04. The molecule has 2 heterocycles. The van der Waals surface area contributed by atoms with Gasteiger partial charge in [0.15, 0.2) is 0 Å². The van der Waals surface area contributed by atoms with Crippen LogP contribution in [0, 0.1) is 6.92 Å². The highest BCUT2D eigenvalue weighted by Gasteiger charge is 2.30. The van der Waals surface area contributed by atoms with Crippen molar-refractivity contribution in [2.75, 3.05) is 20.2 Å². The maximum absolute atomic E-state index is 12.8. The number of sulfonamides is 1. The summed E-state index contributed by atoms with van der Waals surface area (Å²) in [4.78, 5) is 0.246.